The highest BCUT2D eigenvalue weighted by Crippen LogP contribution is 2.43. The summed E-state index contributed by atoms with van der Waals surface area (Å²) < 4.78 is 30.8. The molecule has 494 valence electrons. The van der Waals surface area contributed by atoms with Crippen molar-refractivity contribution in [2.24, 2.45) is 0 Å². The number of carbonyl (C=O) groups is 2. The minimum atomic E-state index is -4.46. The van der Waals surface area contributed by atoms with E-state index < -0.39 is 20.0 Å². The number of ether oxygens (including phenoxy) is 1. The number of carbonyl (C=O) groups excluding carboxylic acids is 2. The Hall–Kier alpha value is -2.81. The molecule has 0 aromatic carbocycles. The van der Waals surface area contributed by atoms with Crippen LogP contribution < -0.4 is 5.32 Å². The van der Waals surface area contributed by atoms with Crippen molar-refractivity contribution in [3.63, 3.8) is 0 Å². The van der Waals surface area contributed by atoms with E-state index in [4.69, 9.17) is 13.8 Å². The van der Waals surface area contributed by atoms with Gasteiger partial charge in [-0.2, -0.15) is 0 Å². The van der Waals surface area contributed by atoms with Gasteiger partial charge in [-0.3, -0.25) is 18.6 Å². The summed E-state index contributed by atoms with van der Waals surface area (Å²) in [5, 5.41) is 3.06. The van der Waals surface area contributed by atoms with Gasteiger partial charge in [-0.25, -0.2) is 4.57 Å². The lowest BCUT2D eigenvalue weighted by atomic mass is 10.0. The fourth-order valence-corrected chi connectivity index (χ4v) is 11.1. The highest BCUT2D eigenvalue weighted by Gasteiger charge is 2.30. The second-order valence-electron chi connectivity index (χ2n) is 25.4. The van der Waals surface area contributed by atoms with Gasteiger partial charge in [0, 0.05) is 12.8 Å². The van der Waals surface area contributed by atoms with E-state index in [1.165, 1.54) is 173 Å². The third-order valence-corrected chi connectivity index (χ3v) is 16.8. The molecule has 0 aromatic heterocycles. The Kier molecular flexibility index (Phi) is 62.1. The zero-order chi connectivity index (χ0) is 62.1. The van der Waals surface area contributed by atoms with E-state index in [1.807, 2.05) is 33.3 Å². The molecule has 85 heavy (non-hydrogen) atoms. The minimum absolute atomic E-state index is 0.0352. The number of nitrogens with zero attached hydrogens (tertiary/aromatic N) is 1. The fraction of sp³-hybridized carbons (Fsp3) is 0.787. The highest BCUT2D eigenvalue weighted by atomic mass is 31.2. The summed E-state index contributed by atoms with van der Waals surface area (Å²) >= 11 is 0. The van der Waals surface area contributed by atoms with Crippen molar-refractivity contribution in [1.29, 1.82) is 0 Å². The maximum absolute atomic E-state index is 13.6. The van der Waals surface area contributed by atoms with E-state index in [0.717, 1.165) is 122 Å². The molecule has 10 heteroatoms. The van der Waals surface area contributed by atoms with Crippen LogP contribution in [0.5, 0.6) is 0 Å². The summed E-state index contributed by atoms with van der Waals surface area (Å²) in [5.41, 5.74) is 0. The Morgan fingerprint density at radius 3 is 1.13 bits per heavy atom. The van der Waals surface area contributed by atoms with Gasteiger partial charge in [-0.05, 0) is 83.1 Å². The molecule has 0 radical (unpaired) electrons. The van der Waals surface area contributed by atoms with Gasteiger partial charge < -0.3 is 19.4 Å². The molecule has 3 unspecified atom stereocenters. The molecule has 0 heterocycles. The van der Waals surface area contributed by atoms with Crippen LogP contribution >= 0.6 is 7.82 Å². The van der Waals surface area contributed by atoms with Crippen LogP contribution in [0.1, 0.15) is 329 Å². The third kappa shape index (κ3) is 65.5. The molecule has 3 atom stereocenters. The van der Waals surface area contributed by atoms with Gasteiger partial charge in [0.15, 0.2) is 0 Å². The molecule has 0 aliphatic carbocycles. The summed E-state index contributed by atoms with van der Waals surface area (Å²) in [7, 11) is 1.49. The lowest BCUT2D eigenvalue weighted by Crippen LogP contribution is -2.47. The average molecular weight is 1210 g/mol. The number of phosphoric ester groups is 1. The van der Waals surface area contributed by atoms with E-state index in [1.54, 1.807) is 0 Å². The van der Waals surface area contributed by atoms with Gasteiger partial charge in [0.1, 0.15) is 19.3 Å². The lowest BCUT2D eigenvalue weighted by molar-refractivity contribution is -0.870. The molecular weight excluding hydrogens is 1070 g/mol. The van der Waals surface area contributed by atoms with Crippen molar-refractivity contribution < 1.29 is 37.3 Å². The fourth-order valence-electron chi connectivity index (χ4n) is 10.4. The minimum Gasteiger partial charge on any atom is -0.456 e. The molecule has 0 fully saturated rings. The standard InChI is InChI=1S/C75H137N2O7P/c1-7-10-13-16-19-22-25-27-29-31-33-35-37-38-40-41-43-45-47-49-52-55-58-61-64-67-74(78)76-72(71-83-85(80,81)82-70-69-77(4,5)6)73(66-63-60-57-54-51-24-21-18-15-12-9-3)84-75(79)68-65-62-59-56-53-50-48-46-44-42-39-36-34-32-30-28-26-23-20-17-14-11-8-2/h10,13,19,22,27,29,33,35,38,40,43,45,63,66,72-73H,7-9,11-12,14-18,20-21,23-26,28,30-32,34,36-37,39,41-42,44,46-62,64-65,67-71H2,1-6H3,(H-,76,78,80,81)/p+1/b13-10-,22-19-,29-27-,35-33-,40-38-,45-43-,66-63+. The first kappa shape index (κ1) is 82.2. The Labute approximate surface area is 526 Å². The van der Waals surface area contributed by atoms with Crippen LogP contribution in [0.25, 0.3) is 0 Å². The van der Waals surface area contributed by atoms with Gasteiger partial charge in [0.2, 0.25) is 5.91 Å². The smallest absolute Gasteiger partial charge is 0.456 e. The van der Waals surface area contributed by atoms with Crippen LogP contribution in [0.15, 0.2) is 85.1 Å². The third-order valence-electron chi connectivity index (χ3n) is 15.8. The van der Waals surface area contributed by atoms with Crippen molar-refractivity contribution in [1.82, 2.24) is 5.32 Å². The molecule has 0 rings (SSSR count). The summed E-state index contributed by atoms with van der Waals surface area (Å²) in [6, 6.07) is -0.860. The molecule has 0 aliphatic rings. The number of likely N-dealkylation sites (N-methyl/N-ethyl adjacent to an activating group) is 1. The number of allylic oxidation sites excluding steroid dienone is 13. The quantitative estimate of drug-likeness (QED) is 0.0205. The largest absolute Gasteiger partial charge is 0.472 e. The molecule has 0 spiro atoms. The number of esters is 1. The zero-order valence-corrected chi connectivity index (χ0v) is 57.5. The van der Waals surface area contributed by atoms with E-state index in [-0.39, 0.29) is 31.5 Å². The van der Waals surface area contributed by atoms with E-state index in [0.29, 0.717) is 17.4 Å². The molecular formula is C75H138N2O7P+. The molecule has 0 aliphatic heterocycles. The first-order valence-electron chi connectivity index (χ1n) is 35.9. The number of phosphoric acid groups is 1. The highest BCUT2D eigenvalue weighted by molar-refractivity contribution is 7.47. The summed E-state index contributed by atoms with van der Waals surface area (Å²) in [6.07, 6.45) is 86.0. The number of rotatable bonds is 65. The number of nitrogens with one attached hydrogen (secondary N) is 1. The van der Waals surface area contributed by atoms with E-state index in [9.17, 15) is 19.0 Å². The first-order valence-corrected chi connectivity index (χ1v) is 37.4. The SMILES string of the molecule is CC/C=C\C/C=C\C/C=C\C/C=C\C/C=C\C/C=C\CCCCCCCCC(=O)NC(COP(=O)(O)OCC[N+](C)(C)C)C(/C=C/CCCCCCCCCCC)OC(=O)CCCCCCCCCCCCCCCCCCCCCCCCC. The van der Waals surface area contributed by atoms with Crippen molar-refractivity contribution >= 4 is 19.7 Å². The van der Waals surface area contributed by atoms with Crippen LogP contribution in [-0.2, 0) is 27.9 Å². The average Bonchev–Trinajstić information content (AvgIpc) is 3.64. The molecule has 9 nitrogen and oxygen atoms in total. The maximum atomic E-state index is 13.6. The predicted octanol–water partition coefficient (Wildman–Crippen LogP) is 22.9. The molecule has 2 N–H and O–H groups in total. The van der Waals surface area contributed by atoms with Crippen LogP contribution in [0.2, 0.25) is 0 Å². The second-order valence-corrected chi connectivity index (χ2v) is 26.8. The Morgan fingerprint density at radius 2 is 0.753 bits per heavy atom. The first-order chi connectivity index (χ1) is 41.4. The summed E-state index contributed by atoms with van der Waals surface area (Å²) in [5.74, 6) is -0.513. The predicted molar refractivity (Wildman–Crippen MR) is 369 cm³/mol. The number of unbranched alkanes of at least 4 members (excludes halogenated alkanes) is 37. The monoisotopic (exact) mass is 1210 g/mol. The summed E-state index contributed by atoms with van der Waals surface area (Å²) in [6.45, 7) is 6.92. The molecule has 0 saturated heterocycles. The van der Waals surface area contributed by atoms with Gasteiger partial charge in [-0.1, -0.05) is 318 Å². The number of hydrogen-bond acceptors (Lipinski definition) is 6. The van der Waals surface area contributed by atoms with Crippen molar-refractivity contribution in [3.05, 3.63) is 85.1 Å². The normalized spacial score (nSPS) is 14.0. The van der Waals surface area contributed by atoms with Crippen LogP contribution in [0, 0.1) is 0 Å². The summed E-state index contributed by atoms with van der Waals surface area (Å²) in [4.78, 5) is 37.9. The lowest BCUT2D eigenvalue weighted by Gasteiger charge is -2.27. The number of amides is 1. The van der Waals surface area contributed by atoms with Gasteiger partial charge in [-0.15, -0.1) is 0 Å². The second kappa shape index (κ2) is 64.2. The van der Waals surface area contributed by atoms with Crippen LogP contribution in [0.3, 0.4) is 0 Å². The van der Waals surface area contributed by atoms with Gasteiger partial charge >= 0.3 is 13.8 Å². The molecule has 0 saturated carbocycles. The van der Waals surface area contributed by atoms with Crippen LogP contribution in [-0.4, -0.2) is 74.3 Å². The Morgan fingerprint density at radius 1 is 0.424 bits per heavy atom. The molecule has 0 bridgehead atoms. The zero-order valence-electron chi connectivity index (χ0n) is 56.6. The number of quaternary nitrogens is 1. The molecule has 1 amide bonds. The van der Waals surface area contributed by atoms with Crippen molar-refractivity contribution in [2.75, 3.05) is 40.9 Å². The Balaban J connectivity index is 5.05. The Bertz CT molecular complexity index is 1730. The van der Waals surface area contributed by atoms with Crippen molar-refractivity contribution in [3.8, 4) is 0 Å². The number of hydrogen-bond donors (Lipinski definition) is 2. The maximum Gasteiger partial charge on any atom is 0.472 e. The van der Waals surface area contributed by atoms with Gasteiger partial charge in [0.05, 0.1) is 33.8 Å². The molecule has 0 aromatic rings. The van der Waals surface area contributed by atoms with Gasteiger partial charge in [0.25, 0.3) is 0 Å². The van der Waals surface area contributed by atoms with Crippen LogP contribution in [0.4, 0.5) is 0 Å². The van der Waals surface area contributed by atoms with E-state index in [2.05, 4.69) is 99.0 Å². The van der Waals surface area contributed by atoms with Crippen molar-refractivity contribution in [2.45, 2.75) is 341 Å². The topological polar surface area (TPSA) is 111 Å². The van der Waals surface area contributed by atoms with E-state index >= 15 is 0 Å².